The van der Waals surface area contributed by atoms with Gasteiger partial charge in [-0.05, 0) is 67.6 Å². The summed E-state index contributed by atoms with van der Waals surface area (Å²) in [4.78, 5) is 0. The fraction of sp³-hybridized carbons (Fsp3) is 0.294. The van der Waals surface area contributed by atoms with Gasteiger partial charge >= 0.3 is 0 Å². The number of alkyl halides is 1. The van der Waals surface area contributed by atoms with E-state index in [1.54, 1.807) is 0 Å². The predicted molar refractivity (Wildman–Crippen MR) is 87.2 cm³/mol. The summed E-state index contributed by atoms with van der Waals surface area (Å²) >= 11 is 10.2. The molecular formula is C17H18BrCl. The molecule has 2 aromatic carbocycles. The summed E-state index contributed by atoms with van der Waals surface area (Å²) < 4.78 is 1.09. The lowest BCUT2D eigenvalue weighted by Gasteiger charge is -2.19. The van der Waals surface area contributed by atoms with Gasteiger partial charge < -0.3 is 0 Å². The van der Waals surface area contributed by atoms with Gasteiger partial charge in [-0.2, -0.15) is 0 Å². The summed E-state index contributed by atoms with van der Waals surface area (Å²) in [5, 5.41) is -0.0892. The van der Waals surface area contributed by atoms with Crippen LogP contribution in [0.4, 0.5) is 0 Å². The summed E-state index contributed by atoms with van der Waals surface area (Å²) in [6, 6.07) is 10.7. The van der Waals surface area contributed by atoms with Crippen LogP contribution >= 0.6 is 27.5 Å². The van der Waals surface area contributed by atoms with Gasteiger partial charge in [0.25, 0.3) is 0 Å². The van der Waals surface area contributed by atoms with Crippen LogP contribution in [0.3, 0.4) is 0 Å². The van der Waals surface area contributed by atoms with Gasteiger partial charge in [-0.25, -0.2) is 0 Å². The van der Waals surface area contributed by atoms with Gasteiger partial charge in [-0.1, -0.05) is 39.7 Å². The minimum atomic E-state index is -0.0892. The maximum atomic E-state index is 6.74. The second kappa shape index (κ2) is 5.68. The Balaban J connectivity index is 2.53. The zero-order valence-electron chi connectivity index (χ0n) is 11.7. The molecule has 1 unspecified atom stereocenters. The molecule has 0 heterocycles. The Morgan fingerprint density at radius 1 is 0.895 bits per heavy atom. The largest absolute Gasteiger partial charge is 0.113 e. The topological polar surface area (TPSA) is 0 Å². The van der Waals surface area contributed by atoms with Gasteiger partial charge in [0.05, 0.1) is 5.38 Å². The lowest BCUT2D eigenvalue weighted by molar-refractivity contribution is 1.06. The molecule has 0 aliphatic carbocycles. The third-order valence-corrected chi connectivity index (χ3v) is 4.44. The highest BCUT2D eigenvalue weighted by molar-refractivity contribution is 9.10. The maximum Gasteiger partial charge on any atom is 0.0843 e. The van der Waals surface area contributed by atoms with Gasteiger partial charge in [0.1, 0.15) is 0 Å². The third-order valence-electron chi connectivity index (χ3n) is 3.50. The van der Waals surface area contributed by atoms with E-state index in [0.29, 0.717) is 0 Å². The zero-order chi connectivity index (χ0) is 14.2. The lowest BCUT2D eigenvalue weighted by atomic mass is 9.92. The summed E-state index contributed by atoms with van der Waals surface area (Å²) in [6.45, 7) is 8.50. The van der Waals surface area contributed by atoms with Gasteiger partial charge in [0, 0.05) is 4.47 Å². The number of aryl methyl sites for hydroxylation is 4. The lowest BCUT2D eigenvalue weighted by Crippen LogP contribution is -2.02. The van der Waals surface area contributed by atoms with Crippen LogP contribution in [0.5, 0.6) is 0 Å². The van der Waals surface area contributed by atoms with Crippen molar-refractivity contribution >= 4 is 27.5 Å². The number of rotatable bonds is 2. The predicted octanol–water partition coefficient (Wildman–Crippen LogP) is 6.01. The van der Waals surface area contributed by atoms with Crippen molar-refractivity contribution < 1.29 is 0 Å². The molecule has 0 saturated carbocycles. The quantitative estimate of drug-likeness (QED) is 0.589. The average Bonchev–Trinajstić information content (AvgIpc) is 2.26. The zero-order valence-corrected chi connectivity index (χ0v) is 14.1. The highest BCUT2D eigenvalue weighted by Gasteiger charge is 2.17. The van der Waals surface area contributed by atoms with Crippen LogP contribution in [-0.2, 0) is 0 Å². The molecule has 0 saturated heterocycles. The second-order valence-electron chi connectivity index (χ2n) is 5.18. The summed E-state index contributed by atoms with van der Waals surface area (Å²) in [6.07, 6.45) is 0. The number of halogens is 2. The first-order valence-corrected chi connectivity index (χ1v) is 7.61. The van der Waals surface area contributed by atoms with Gasteiger partial charge in [0.2, 0.25) is 0 Å². The number of hydrogen-bond acceptors (Lipinski definition) is 0. The van der Waals surface area contributed by atoms with Gasteiger partial charge in [-0.3, -0.25) is 0 Å². The molecule has 0 aliphatic heterocycles. The maximum absolute atomic E-state index is 6.74. The van der Waals surface area contributed by atoms with Crippen molar-refractivity contribution in [2.45, 2.75) is 33.1 Å². The van der Waals surface area contributed by atoms with Crippen molar-refractivity contribution in [3.63, 3.8) is 0 Å². The highest BCUT2D eigenvalue weighted by Crippen LogP contribution is 2.36. The number of hydrogen-bond donors (Lipinski definition) is 0. The Hall–Kier alpha value is -0.790. The molecule has 2 rings (SSSR count). The van der Waals surface area contributed by atoms with E-state index in [1.807, 2.05) is 0 Å². The van der Waals surface area contributed by atoms with Crippen LogP contribution in [0, 0.1) is 27.7 Å². The van der Waals surface area contributed by atoms with Crippen molar-refractivity contribution in [3.05, 3.63) is 68.2 Å². The minimum Gasteiger partial charge on any atom is -0.113 e. The Labute approximate surface area is 128 Å². The van der Waals surface area contributed by atoms with Crippen LogP contribution in [0.15, 0.2) is 34.8 Å². The van der Waals surface area contributed by atoms with E-state index in [-0.39, 0.29) is 5.38 Å². The Bertz CT molecular complexity index is 594. The standard InChI is InChI=1S/C17H18BrCl/c1-10-7-12(3)16(13(4)8-10)17(19)15-6-5-14(18)9-11(15)2/h5-9,17H,1-4H3. The van der Waals surface area contributed by atoms with Crippen LogP contribution in [0.25, 0.3) is 0 Å². The van der Waals surface area contributed by atoms with Crippen LogP contribution in [0.2, 0.25) is 0 Å². The molecule has 0 aliphatic rings. The van der Waals surface area contributed by atoms with E-state index >= 15 is 0 Å². The Morgan fingerprint density at radius 2 is 1.47 bits per heavy atom. The van der Waals surface area contributed by atoms with Crippen LogP contribution < -0.4 is 0 Å². The average molecular weight is 338 g/mol. The molecule has 19 heavy (non-hydrogen) atoms. The van der Waals surface area contributed by atoms with E-state index in [4.69, 9.17) is 11.6 Å². The molecule has 0 bridgehead atoms. The number of benzene rings is 2. The third kappa shape index (κ3) is 3.04. The first-order chi connectivity index (χ1) is 8.90. The molecular weight excluding hydrogens is 320 g/mol. The summed E-state index contributed by atoms with van der Waals surface area (Å²) in [5.74, 6) is 0. The van der Waals surface area contributed by atoms with Crippen molar-refractivity contribution in [3.8, 4) is 0 Å². The van der Waals surface area contributed by atoms with E-state index < -0.39 is 0 Å². The minimum absolute atomic E-state index is 0.0892. The van der Waals surface area contributed by atoms with Crippen LogP contribution in [-0.4, -0.2) is 0 Å². The van der Waals surface area contributed by atoms with Gasteiger partial charge in [0.15, 0.2) is 0 Å². The SMILES string of the molecule is Cc1cc(C)c(C(Cl)c2ccc(Br)cc2C)c(C)c1. The van der Waals surface area contributed by atoms with Crippen molar-refractivity contribution in [1.29, 1.82) is 0 Å². The molecule has 1 atom stereocenters. The van der Waals surface area contributed by atoms with E-state index in [9.17, 15) is 0 Å². The van der Waals surface area contributed by atoms with Gasteiger partial charge in [-0.15, -0.1) is 11.6 Å². The molecule has 0 spiro atoms. The Kier molecular flexibility index (Phi) is 4.37. The Morgan fingerprint density at radius 3 is 2.00 bits per heavy atom. The normalized spacial score (nSPS) is 12.5. The second-order valence-corrected chi connectivity index (χ2v) is 6.53. The molecule has 2 aromatic rings. The smallest absolute Gasteiger partial charge is 0.0843 e. The van der Waals surface area contributed by atoms with Crippen molar-refractivity contribution in [2.24, 2.45) is 0 Å². The molecule has 0 radical (unpaired) electrons. The van der Waals surface area contributed by atoms with Crippen molar-refractivity contribution in [1.82, 2.24) is 0 Å². The first kappa shape index (κ1) is 14.6. The van der Waals surface area contributed by atoms with E-state index in [1.165, 1.54) is 33.4 Å². The highest BCUT2D eigenvalue weighted by atomic mass is 79.9. The van der Waals surface area contributed by atoms with E-state index in [0.717, 1.165) is 4.47 Å². The van der Waals surface area contributed by atoms with E-state index in [2.05, 4.69) is 74.0 Å². The molecule has 0 aromatic heterocycles. The fourth-order valence-electron chi connectivity index (χ4n) is 2.67. The molecule has 0 amide bonds. The molecule has 2 heteroatoms. The fourth-order valence-corrected chi connectivity index (χ4v) is 3.73. The monoisotopic (exact) mass is 336 g/mol. The summed E-state index contributed by atoms with van der Waals surface area (Å²) in [5.41, 5.74) is 7.45. The molecule has 100 valence electrons. The molecule has 0 fully saturated rings. The van der Waals surface area contributed by atoms with Crippen molar-refractivity contribution in [2.75, 3.05) is 0 Å². The summed E-state index contributed by atoms with van der Waals surface area (Å²) in [7, 11) is 0. The molecule has 0 nitrogen and oxygen atoms in total. The van der Waals surface area contributed by atoms with Crippen LogP contribution in [0.1, 0.15) is 38.8 Å². The molecule has 0 N–H and O–H groups in total. The first-order valence-electron chi connectivity index (χ1n) is 6.38.